The number of halogens is 3. The number of aromatic nitrogens is 1. The van der Waals surface area contributed by atoms with E-state index in [1.165, 1.54) is 6.20 Å². The van der Waals surface area contributed by atoms with Gasteiger partial charge in [0.25, 0.3) is 0 Å². The van der Waals surface area contributed by atoms with Crippen LogP contribution >= 0.6 is 0 Å². The number of hydrogen-bond donors (Lipinski definition) is 1. The van der Waals surface area contributed by atoms with Crippen molar-refractivity contribution >= 4 is 6.09 Å². The van der Waals surface area contributed by atoms with Crippen LogP contribution in [0.3, 0.4) is 0 Å². The Bertz CT molecular complexity index is 564. The van der Waals surface area contributed by atoms with Gasteiger partial charge >= 0.3 is 12.3 Å². The average Bonchev–Trinajstić information content (AvgIpc) is 2.33. The van der Waals surface area contributed by atoms with E-state index in [1.807, 2.05) is 20.8 Å². The molecule has 1 fully saturated rings. The second-order valence-electron chi connectivity index (χ2n) is 6.52. The van der Waals surface area contributed by atoms with Crippen LogP contribution in [0.1, 0.15) is 39.2 Å². The maximum Gasteiger partial charge on any atom is 0.418 e. The van der Waals surface area contributed by atoms with Gasteiger partial charge in [0.15, 0.2) is 0 Å². The minimum Gasteiger partial charge on any atom is -0.489 e. The van der Waals surface area contributed by atoms with Crippen molar-refractivity contribution in [1.29, 1.82) is 0 Å². The number of carbonyl (C=O) groups excluding carboxylic acids is 1. The van der Waals surface area contributed by atoms with E-state index in [2.05, 4.69) is 10.3 Å². The minimum atomic E-state index is -4.46. The summed E-state index contributed by atoms with van der Waals surface area (Å²) < 4.78 is 48.4. The van der Waals surface area contributed by atoms with Crippen LogP contribution in [0.2, 0.25) is 0 Å². The fourth-order valence-electron chi connectivity index (χ4n) is 2.03. The first-order chi connectivity index (χ1) is 10.5. The average molecular weight is 332 g/mol. The molecule has 0 aromatic carbocycles. The van der Waals surface area contributed by atoms with E-state index in [0.29, 0.717) is 12.8 Å². The third kappa shape index (κ3) is 5.30. The number of alkyl carbamates (subject to hydrolysis) is 1. The summed E-state index contributed by atoms with van der Waals surface area (Å²) in [5.41, 5.74) is -1.24. The van der Waals surface area contributed by atoms with Crippen LogP contribution in [0.25, 0.3) is 0 Å². The van der Waals surface area contributed by atoms with E-state index in [-0.39, 0.29) is 23.5 Å². The largest absolute Gasteiger partial charge is 0.489 e. The molecule has 1 aromatic heterocycles. The Kier molecular flexibility index (Phi) is 4.72. The van der Waals surface area contributed by atoms with Crippen LogP contribution in [0.15, 0.2) is 18.5 Å². The molecule has 1 aromatic rings. The molecular formula is C15H19F3N2O3. The molecule has 1 N–H and O–H groups in total. The molecule has 5 nitrogen and oxygen atoms in total. The molecule has 1 heterocycles. The number of carbonyl (C=O) groups is 1. The molecule has 1 saturated carbocycles. The standard InChI is InChI=1S/C15H19F3N2O3/c1-14(2,3)20-13(21)23-11-5-10(6-11)22-12-4-9(7-19-8-12)15(16,17)18/h4,7-8,10-11H,5-6H2,1-3H3,(H,20,21). The van der Waals surface area contributed by atoms with Crippen molar-refractivity contribution in [2.24, 2.45) is 0 Å². The van der Waals surface area contributed by atoms with Gasteiger partial charge in [0, 0.05) is 24.6 Å². The third-order valence-corrected chi connectivity index (χ3v) is 3.15. The zero-order valence-corrected chi connectivity index (χ0v) is 13.1. The van der Waals surface area contributed by atoms with Crippen molar-refractivity contribution in [1.82, 2.24) is 10.3 Å². The molecule has 8 heteroatoms. The summed E-state index contributed by atoms with van der Waals surface area (Å²) in [7, 11) is 0. The molecule has 0 aliphatic heterocycles. The van der Waals surface area contributed by atoms with Crippen molar-refractivity contribution < 1.29 is 27.4 Å². The van der Waals surface area contributed by atoms with Gasteiger partial charge in [0.1, 0.15) is 18.0 Å². The Balaban J connectivity index is 1.79. The minimum absolute atomic E-state index is 0.0578. The highest BCUT2D eigenvalue weighted by Crippen LogP contribution is 2.33. The van der Waals surface area contributed by atoms with Gasteiger partial charge in [-0.25, -0.2) is 4.79 Å². The summed E-state index contributed by atoms with van der Waals surface area (Å²) in [6, 6.07) is 0.910. The maximum atomic E-state index is 12.6. The first kappa shape index (κ1) is 17.4. The second kappa shape index (κ2) is 6.25. The summed E-state index contributed by atoms with van der Waals surface area (Å²) in [5, 5.41) is 2.67. The van der Waals surface area contributed by atoms with Gasteiger partial charge < -0.3 is 14.8 Å². The quantitative estimate of drug-likeness (QED) is 0.920. The molecule has 1 aliphatic carbocycles. The summed E-state index contributed by atoms with van der Waals surface area (Å²) in [5.74, 6) is 0.0578. The fraction of sp³-hybridized carbons (Fsp3) is 0.600. The van der Waals surface area contributed by atoms with Crippen molar-refractivity contribution in [3.63, 3.8) is 0 Å². The van der Waals surface area contributed by atoms with E-state index in [4.69, 9.17) is 9.47 Å². The van der Waals surface area contributed by atoms with Crippen LogP contribution in [-0.4, -0.2) is 28.8 Å². The molecule has 0 radical (unpaired) electrons. The Morgan fingerprint density at radius 1 is 1.22 bits per heavy atom. The molecule has 2 rings (SSSR count). The van der Waals surface area contributed by atoms with E-state index < -0.39 is 17.8 Å². The van der Waals surface area contributed by atoms with E-state index in [1.54, 1.807) is 0 Å². The third-order valence-electron chi connectivity index (χ3n) is 3.15. The Morgan fingerprint density at radius 2 is 1.87 bits per heavy atom. The van der Waals surface area contributed by atoms with Crippen molar-refractivity contribution in [3.8, 4) is 5.75 Å². The van der Waals surface area contributed by atoms with E-state index in [0.717, 1.165) is 12.3 Å². The van der Waals surface area contributed by atoms with Crippen LogP contribution in [-0.2, 0) is 10.9 Å². The number of nitrogens with zero attached hydrogens (tertiary/aromatic N) is 1. The van der Waals surface area contributed by atoms with Crippen LogP contribution in [0.5, 0.6) is 5.75 Å². The number of pyridine rings is 1. The topological polar surface area (TPSA) is 60.5 Å². The molecule has 0 atom stereocenters. The van der Waals surface area contributed by atoms with Crippen LogP contribution < -0.4 is 10.1 Å². The number of hydrogen-bond acceptors (Lipinski definition) is 4. The molecular weight excluding hydrogens is 313 g/mol. The zero-order valence-electron chi connectivity index (χ0n) is 13.1. The molecule has 0 spiro atoms. The molecule has 1 amide bonds. The number of rotatable bonds is 3. The summed E-state index contributed by atoms with van der Waals surface area (Å²) >= 11 is 0. The first-order valence-corrected chi connectivity index (χ1v) is 7.20. The summed E-state index contributed by atoms with van der Waals surface area (Å²) in [6.07, 6.45) is -2.69. The van der Waals surface area contributed by atoms with Crippen molar-refractivity contribution in [3.05, 3.63) is 24.0 Å². The number of nitrogens with one attached hydrogen (secondary N) is 1. The molecule has 0 unspecified atom stereocenters. The molecule has 1 aliphatic rings. The van der Waals surface area contributed by atoms with Gasteiger partial charge in [0.2, 0.25) is 0 Å². The molecule has 0 saturated heterocycles. The highest BCUT2D eigenvalue weighted by Gasteiger charge is 2.36. The van der Waals surface area contributed by atoms with Gasteiger partial charge in [-0.15, -0.1) is 0 Å². The van der Waals surface area contributed by atoms with Gasteiger partial charge in [-0.05, 0) is 26.8 Å². The van der Waals surface area contributed by atoms with Gasteiger partial charge in [-0.2, -0.15) is 13.2 Å². The monoisotopic (exact) mass is 332 g/mol. The Hall–Kier alpha value is -1.99. The number of ether oxygens (including phenoxy) is 2. The highest BCUT2D eigenvalue weighted by molar-refractivity contribution is 5.68. The lowest BCUT2D eigenvalue weighted by Crippen LogP contribution is -2.46. The maximum absolute atomic E-state index is 12.6. The van der Waals surface area contributed by atoms with Crippen LogP contribution in [0, 0.1) is 0 Å². The molecule has 23 heavy (non-hydrogen) atoms. The predicted molar refractivity (Wildman–Crippen MR) is 76.0 cm³/mol. The van der Waals surface area contributed by atoms with Crippen molar-refractivity contribution in [2.75, 3.05) is 0 Å². The van der Waals surface area contributed by atoms with Crippen molar-refractivity contribution in [2.45, 2.75) is 57.5 Å². The molecule has 128 valence electrons. The van der Waals surface area contributed by atoms with E-state index in [9.17, 15) is 18.0 Å². The summed E-state index contributed by atoms with van der Waals surface area (Å²) in [6.45, 7) is 5.50. The Labute approximate surface area is 132 Å². The summed E-state index contributed by atoms with van der Waals surface area (Å²) in [4.78, 5) is 15.1. The zero-order chi connectivity index (χ0) is 17.3. The van der Waals surface area contributed by atoms with E-state index >= 15 is 0 Å². The predicted octanol–water partition coefficient (Wildman–Crippen LogP) is 3.53. The second-order valence-corrected chi connectivity index (χ2v) is 6.52. The molecule has 0 bridgehead atoms. The lowest BCUT2D eigenvalue weighted by atomic mass is 9.92. The number of amides is 1. The lowest BCUT2D eigenvalue weighted by Gasteiger charge is -2.35. The smallest absolute Gasteiger partial charge is 0.418 e. The fourth-order valence-corrected chi connectivity index (χ4v) is 2.03. The van der Waals surface area contributed by atoms with Gasteiger partial charge in [0.05, 0.1) is 11.8 Å². The normalized spacial score (nSPS) is 21.3. The van der Waals surface area contributed by atoms with Gasteiger partial charge in [-0.3, -0.25) is 4.98 Å². The lowest BCUT2D eigenvalue weighted by molar-refractivity contribution is -0.138. The highest BCUT2D eigenvalue weighted by atomic mass is 19.4. The Morgan fingerprint density at radius 3 is 2.43 bits per heavy atom. The van der Waals surface area contributed by atoms with Gasteiger partial charge in [-0.1, -0.05) is 0 Å². The van der Waals surface area contributed by atoms with Crippen LogP contribution in [0.4, 0.5) is 18.0 Å². The SMILES string of the molecule is CC(C)(C)NC(=O)OC1CC(Oc2cncc(C(F)(F)F)c2)C1. The first-order valence-electron chi connectivity index (χ1n) is 7.20. The number of alkyl halides is 3.